The van der Waals surface area contributed by atoms with Crippen LogP contribution in [0.5, 0.6) is 0 Å². The number of nitrogens with one attached hydrogen (secondary N) is 1. The van der Waals surface area contributed by atoms with Crippen LogP contribution in [-0.4, -0.2) is 87.6 Å². The van der Waals surface area contributed by atoms with Crippen molar-refractivity contribution in [3.8, 4) is 5.82 Å². The summed E-state index contributed by atoms with van der Waals surface area (Å²) in [6, 6.07) is 9.46. The number of rotatable bonds is 7. The van der Waals surface area contributed by atoms with Gasteiger partial charge in [0.1, 0.15) is 11.6 Å². The number of nitrogens with zero attached hydrogens (tertiary/aromatic N) is 6. The molecule has 210 valence electrons. The molecule has 9 nitrogen and oxygen atoms in total. The second-order valence-corrected chi connectivity index (χ2v) is 10.9. The predicted molar refractivity (Wildman–Crippen MR) is 146 cm³/mol. The second-order valence-electron chi connectivity index (χ2n) is 10.9. The maximum absolute atomic E-state index is 14.1. The quantitative estimate of drug-likeness (QED) is 0.464. The summed E-state index contributed by atoms with van der Waals surface area (Å²) >= 11 is 0. The summed E-state index contributed by atoms with van der Waals surface area (Å²) in [5.74, 6) is 1.67. The summed E-state index contributed by atoms with van der Waals surface area (Å²) in [6.45, 7) is 5.15. The van der Waals surface area contributed by atoms with E-state index in [2.05, 4.69) is 20.1 Å². The molecule has 3 aromatic rings. The first-order chi connectivity index (χ1) is 19.0. The Morgan fingerprint density at radius 3 is 2.51 bits per heavy atom. The smallest absolute Gasteiger partial charge is 0.296 e. The Labute approximate surface area is 227 Å². The van der Waals surface area contributed by atoms with Crippen LogP contribution in [0.4, 0.5) is 20.5 Å². The number of piperidine rings is 1. The summed E-state index contributed by atoms with van der Waals surface area (Å²) in [5, 5.41) is 13.5. The van der Waals surface area contributed by atoms with Gasteiger partial charge in [0.15, 0.2) is 5.82 Å². The number of halogens is 2. The highest BCUT2D eigenvalue weighted by Crippen LogP contribution is 2.31. The first-order valence-corrected chi connectivity index (χ1v) is 14.2. The summed E-state index contributed by atoms with van der Waals surface area (Å²) < 4.78 is 35.2. The van der Waals surface area contributed by atoms with Gasteiger partial charge in [0.25, 0.3) is 6.43 Å². The summed E-state index contributed by atoms with van der Waals surface area (Å²) in [4.78, 5) is 18.3. The lowest BCUT2D eigenvalue weighted by atomic mass is 9.84. The lowest BCUT2D eigenvalue weighted by Gasteiger charge is -2.40. The maximum Gasteiger partial charge on any atom is 0.296 e. The number of hydrogen-bond acceptors (Lipinski definition) is 8. The molecule has 11 heteroatoms. The Kier molecular flexibility index (Phi) is 7.90. The molecule has 3 aliphatic rings. The molecule has 0 amide bonds. The number of hydrogen-bond donors (Lipinski definition) is 2. The fraction of sp³-hybridized carbons (Fsp3) is 0.607. The van der Waals surface area contributed by atoms with E-state index >= 15 is 0 Å². The van der Waals surface area contributed by atoms with E-state index in [-0.39, 0.29) is 11.9 Å². The van der Waals surface area contributed by atoms with Crippen molar-refractivity contribution in [1.29, 1.82) is 0 Å². The molecule has 0 bridgehead atoms. The summed E-state index contributed by atoms with van der Waals surface area (Å²) in [6.07, 6.45) is 3.49. The van der Waals surface area contributed by atoms with Crippen LogP contribution in [0, 0.1) is 5.92 Å². The number of β-amino-alcohol motifs (C(OH)–C–C–N with tert-alkyl or cyclic N) is 1. The Hall–Kier alpha value is -2.89. The lowest BCUT2D eigenvalue weighted by Crippen LogP contribution is -2.46. The number of aliphatic hydroxyl groups excluding tert-OH is 1. The normalized spacial score (nSPS) is 24.9. The molecule has 1 aliphatic carbocycles. The zero-order valence-electron chi connectivity index (χ0n) is 22.2. The van der Waals surface area contributed by atoms with Gasteiger partial charge in [-0.2, -0.15) is 9.97 Å². The number of imidazole rings is 1. The number of likely N-dealkylation sites (tertiary alicyclic amines) is 1. The monoisotopic (exact) mass is 541 g/mol. The molecule has 1 unspecified atom stereocenters. The van der Waals surface area contributed by atoms with Gasteiger partial charge in [-0.25, -0.2) is 13.8 Å². The van der Waals surface area contributed by atoms with Crippen molar-refractivity contribution >= 4 is 22.8 Å². The highest BCUT2D eigenvalue weighted by molar-refractivity contribution is 5.78. The third-order valence-electron chi connectivity index (χ3n) is 8.35. The minimum absolute atomic E-state index is 0.193. The van der Waals surface area contributed by atoms with Crippen molar-refractivity contribution < 1.29 is 18.6 Å². The van der Waals surface area contributed by atoms with Gasteiger partial charge >= 0.3 is 0 Å². The zero-order valence-corrected chi connectivity index (χ0v) is 22.2. The Morgan fingerprint density at radius 1 is 0.974 bits per heavy atom. The van der Waals surface area contributed by atoms with E-state index < -0.39 is 6.43 Å². The minimum Gasteiger partial charge on any atom is -0.392 e. The molecule has 6 rings (SSSR count). The number of anilines is 2. The van der Waals surface area contributed by atoms with Crippen LogP contribution in [0.3, 0.4) is 0 Å². The number of morpholine rings is 1. The van der Waals surface area contributed by atoms with E-state index in [9.17, 15) is 13.9 Å². The third-order valence-corrected chi connectivity index (χ3v) is 8.35. The molecule has 2 saturated heterocycles. The van der Waals surface area contributed by atoms with Crippen LogP contribution >= 0.6 is 0 Å². The first kappa shape index (κ1) is 26.3. The molecule has 2 N–H and O–H groups in total. The molecule has 0 spiro atoms. The van der Waals surface area contributed by atoms with E-state index in [0.29, 0.717) is 66.9 Å². The van der Waals surface area contributed by atoms with Gasteiger partial charge in [-0.1, -0.05) is 12.1 Å². The van der Waals surface area contributed by atoms with Gasteiger partial charge in [-0.3, -0.25) is 9.47 Å². The van der Waals surface area contributed by atoms with Crippen LogP contribution in [0.1, 0.15) is 50.8 Å². The van der Waals surface area contributed by atoms with Gasteiger partial charge in [-0.15, -0.1) is 0 Å². The van der Waals surface area contributed by atoms with Gasteiger partial charge in [0, 0.05) is 38.3 Å². The average Bonchev–Trinajstić information content (AvgIpc) is 3.37. The topological polar surface area (TPSA) is 91.6 Å². The van der Waals surface area contributed by atoms with Crippen molar-refractivity contribution in [3.05, 3.63) is 36.2 Å². The number of aliphatic hydroxyl groups is 1. The Balaban J connectivity index is 1.22. The minimum atomic E-state index is -2.74. The second kappa shape index (κ2) is 11.7. The summed E-state index contributed by atoms with van der Waals surface area (Å²) in [7, 11) is 0. The summed E-state index contributed by atoms with van der Waals surface area (Å²) in [5.41, 5.74) is 1.10. The van der Waals surface area contributed by atoms with Gasteiger partial charge in [0.2, 0.25) is 5.95 Å². The van der Waals surface area contributed by atoms with Gasteiger partial charge < -0.3 is 20.1 Å². The highest BCUT2D eigenvalue weighted by atomic mass is 19.3. The number of alkyl halides is 2. The molecule has 0 radical (unpaired) electrons. The van der Waals surface area contributed by atoms with E-state index in [4.69, 9.17) is 14.7 Å². The van der Waals surface area contributed by atoms with Gasteiger partial charge in [0.05, 0.1) is 30.4 Å². The van der Waals surface area contributed by atoms with Crippen LogP contribution in [-0.2, 0) is 4.74 Å². The largest absolute Gasteiger partial charge is 0.392 e. The van der Waals surface area contributed by atoms with Gasteiger partial charge in [-0.05, 0) is 63.1 Å². The van der Waals surface area contributed by atoms with Crippen molar-refractivity contribution in [1.82, 2.24) is 24.4 Å². The molecule has 2 aromatic heterocycles. The SMILES string of the molecule is OC1CCCN(C2CCC(CNc3nc(N4CCOCC4)cc(-n4c(C(F)F)nc5ccccc54)n3)CC2)C1. The van der Waals surface area contributed by atoms with Crippen LogP contribution in [0.25, 0.3) is 16.9 Å². The van der Waals surface area contributed by atoms with E-state index in [1.807, 2.05) is 6.07 Å². The van der Waals surface area contributed by atoms with E-state index in [1.165, 1.54) is 4.57 Å². The Bertz CT molecular complexity index is 1260. The van der Waals surface area contributed by atoms with E-state index in [0.717, 1.165) is 58.2 Å². The van der Waals surface area contributed by atoms with Crippen molar-refractivity contribution in [2.75, 3.05) is 56.2 Å². The molecule has 1 atom stereocenters. The molecular weight excluding hydrogens is 504 g/mol. The highest BCUT2D eigenvalue weighted by Gasteiger charge is 2.29. The van der Waals surface area contributed by atoms with E-state index in [1.54, 1.807) is 24.3 Å². The molecule has 2 aliphatic heterocycles. The number of benzene rings is 1. The number of para-hydroxylation sites is 2. The third kappa shape index (κ3) is 5.85. The molecule has 3 fully saturated rings. The van der Waals surface area contributed by atoms with Crippen molar-refractivity contribution in [2.24, 2.45) is 5.92 Å². The average molecular weight is 542 g/mol. The Morgan fingerprint density at radius 2 is 1.74 bits per heavy atom. The molecule has 1 saturated carbocycles. The first-order valence-electron chi connectivity index (χ1n) is 14.2. The standard InChI is InChI=1S/C28H37F2N7O2/c29-26(30)27-32-22-5-1-2-6-23(22)37(27)25-16-24(35-12-14-39-15-13-35)33-28(34-25)31-17-19-7-9-20(10-8-19)36-11-3-4-21(38)18-36/h1-2,5-6,16,19-21,26,38H,3-4,7-15,17-18H2,(H,31,33,34). The molecule has 1 aromatic carbocycles. The maximum atomic E-state index is 14.1. The van der Waals surface area contributed by atoms with Crippen molar-refractivity contribution in [2.45, 2.75) is 57.1 Å². The zero-order chi connectivity index (χ0) is 26.8. The molecule has 4 heterocycles. The molecular formula is C28H37F2N7O2. The van der Waals surface area contributed by atoms with Crippen LogP contribution in [0.2, 0.25) is 0 Å². The van der Waals surface area contributed by atoms with Crippen LogP contribution in [0.15, 0.2) is 30.3 Å². The fourth-order valence-corrected chi connectivity index (χ4v) is 6.27. The van der Waals surface area contributed by atoms with Crippen molar-refractivity contribution in [3.63, 3.8) is 0 Å². The number of ether oxygens (including phenoxy) is 1. The predicted octanol–water partition coefficient (Wildman–Crippen LogP) is 4.02. The van der Waals surface area contributed by atoms with Crippen LogP contribution < -0.4 is 10.2 Å². The number of fused-ring (bicyclic) bond motifs is 1. The molecule has 39 heavy (non-hydrogen) atoms. The number of aromatic nitrogens is 4. The fourth-order valence-electron chi connectivity index (χ4n) is 6.27. The lowest BCUT2D eigenvalue weighted by molar-refractivity contribution is 0.0319.